The summed E-state index contributed by atoms with van der Waals surface area (Å²) < 4.78 is 23.0. The van der Waals surface area contributed by atoms with Gasteiger partial charge in [-0.15, -0.1) is 0 Å². The Labute approximate surface area is 136 Å². The first-order valence-corrected chi connectivity index (χ1v) is 7.82. The van der Waals surface area contributed by atoms with Gasteiger partial charge in [0.15, 0.2) is 6.29 Å². The van der Waals surface area contributed by atoms with Crippen molar-refractivity contribution < 1.29 is 18.9 Å². The normalized spacial score (nSPS) is 24.0. The van der Waals surface area contributed by atoms with Crippen LogP contribution >= 0.6 is 0 Å². The van der Waals surface area contributed by atoms with E-state index in [9.17, 15) is 0 Å². The van der Waals surface area contributed by atoms with Gasteiger partial charge in [0.1, 0.15) is 12.2 Å². The Balaban J connectivity index is 1.57. The Kier molecular flexibility index (Phi) is 5.77. The lowest BCUT2D eigenvalue weighted by Crippen LogP contribution is -2.35. The van der Waals surface area contributed by atoms with E-state index in [0.717, 1.165) is 11.1 Å². The minimum atomic E-state index is -0.389. The molecule has 3 rings (SSSR count). The van der Waals surface area contributed by atoms with Crippen LogP contribution in [0.3, 0.4) is 0 Å². The SMILES string of the molecule is COC1OC[C@@H](OCc2ccccc2)[C@H]1OCc1ccccc1. The van der Waals surface area contributed by atoms with Crippen LogP contribution in [0.2, 0.25) is 0 Å². The van der Waals surface area contributed by atoms with Crippen molar-refractivity contribution in [3.8, 4) is 0 Å². The maximum Gasteiger partial charge on any atom is 0.186 e. The summed E-state index contributed by atoms with van der Waals surface area (Å²) in [5.74, 6) is 0. The van der Waals surface area contributed by atoms with Gasteiger partial charge >= 0.3 is 0 Å². The minimum absolute atomic E-state index is 0.135. The molecule has 122 valence electrons. The van der Waals surface area contributed by atoms with E-state index in [0.29, 0.717) is 19.8 Å². The second-order valence-corrected chi connectivity index (χ2v) is 5.53. The standard InChI is InChI=1S/C19H22O4/c1-20-19-18(22-13-16-10-6-3-7-11-16)17(14-23-19)21-12-15-8-4-2-5-9-15/h2-11,17-19H,12-14H2,1H3/t17-,18-,19?/m1/s1. The third kappa shape index (κ3) is 4.39. The molecule has 0 aliphatic carbocycles. The first-order chi connectivity index (χ1) is 11.4. The maximum atomic E-state index is 6.02. The fourth-order valence-electron chi connectivity index (χ4n) is 2.63. The van der Waals surface area contributed by atoms with Crippen LogP contribution in [-0.4, -0.2) is 32.2 Å². The summed E-state index contributed by atoms with van der Waals surface area (Å²) >= 11 is 0. The van der Waals surface area contributed by atoms with Crippen LogP contribution in [0.1, 0.15) is 11.1 Å². The fourth-order valence-corrected chi connectivity index (χ4v) is 2.63. The lowest BCUT2D eigenvalue weighted by Gasteiger charge is -2.22. The predicted molar refractivity (Wildman–Crippen MR) is 86.8 cm³/mol. The van der Waals surface area contributed by atoms with E-state index in [1.54, 1.807) is 7.11 Å². The molecule has 1 unspecified atom stereocenters. The van der Waals surface area contributed by atoms with Gasteiger partial charge in [-0.25, -0.2) is 0 Å². The van der Waals surface area contributed by atoms with Crippen molar-refractivity contribution in [3.05, 3.63) is 71.8 Å². The van der Waals surface area contributed by atoms with Crippen molar-refractivity contribution in [1.29, 1.82) is 0 Å². The highest BCUT2D eigenvalue weighted by Gasteiger charge is 2.39. The lowest BCUT2D eigenvalue weighted by molar-refractivity contribution is -0.160. The molecule has 1 fully saturated rings. The van der Waals surface area contributed by atoms with Gasteiger partial charge in [0.2, 0.25) is 0 Å². The topological polar surface area (TPSA) is 36.9 Å². The third-order valence-electron chi connectivity index (χ3n) is 3.88. The van der Waals surface area contributed by atoms with Crippen LogP contribution in [0.5, 0.6) is 0 Å². The lowest BCUT2D eigenvalue weighted by atomic mass is 10.2. The molecule has 0 radical (unpaired) electrons. The van der Waals surface area contributed by atoms with Gasteiger partial charge in [-0.3, -0.25) is 0 Å². The third-order valence-corrected chi connectivity index (χ3v) is 3.88. The molecule has 23 heavy (non-hydrogen) atoms. The van der Waals surface area contributed by atoms with E-state index < -0.39 is 0 Å². The van der Waals surface area contributed by atoms with E-state index >= 15 is 0 Å². The highest BCUT2D eigenvalue weighted by atomic mass is 16.7. The summed E-state index contributed by atoms with van der Waals surface area (Å²) in [6, 6.07) is 20.2. The van der Waals surface area contributed by atoms with Crippen LogP contribution in [0, 0.1) is 0 Å². The van der Waals surface area contributed by atoms with Crippen LogP contribution < -0.4 is 0 Å². The molecule has 0 bridgehead atoms. The second kappa shape index (κ2) is 8.22. The fraction of sp³-hybridized carbons (Fsp3) is 0.368. The summed E-state index contributed by atoms with van der Waals surface area (Å²) in [5, 5.41) is 0. The molecule has 2 aromatic carbocycles. The van der Waals surface area contributed by atoms with Crippen molar-refractivity contribution in [1.82, 2.24) is 0 Å². The smallest absolute Gasteiger partial charge is 0.186 e. The first-order valence-electron chi connectivity index (χ1n) is 7.82. The zero-order chi connectivity index (χ0) is 15.9. The Bertz CT molecular complexity index is 572. The molecule has 4 heteroatoms. The molecule has 0 N–H and O–H groups in total. The Morgan fingerprint density at radius 2 is 1.43 bits per heavy atom. The van der Waals surface area contributed by atoms with Crippen molar-refractivity contribution in [3.63, 3.8) is 0 Å². The largest absolute Gasteiger partial charge is 0.368 e. The molecule has 2 aromatic rings. The molecular weight excluding hydrogens is 292 g/mol. The molecule has 0 amide bonds. The number of methoxy groups -OCH3 is 1. The molecule has 0 aromatic heterocycles. The molecule has 1 saturated heterocycles. The van der Waals surface area contributed by atoms with E-state index in [2.05, 4.69) is 0 Å². The van der Waals surface area contributed by atoms with Crippen molar-refractivity contribution in [2.75, 3.05) is 13.7 Å². The molecule has 1 aliphatic heterocycles. The molecule has 3 atom stereocenters. The zero-order valence-corrected chi connectivity index (χ0v) is 13.3. The van der Waals surface area contributed by atoms with E-state index in [1.807, 2.05) is 60.7 Å². The highest BCUT2D eigenvalue weighted by Crippen LogP contribution is 2.23. The average Bonchev–Trinajstić information content (AvgIpc) is 3.02. The first kappa shape index (κ1) is 16.1. The van der Waals surface area contributed by atoms with Crippen molar-refractivity contribution in [2.24, 2.45) is 0 Å². The van der Waals surface area contributed by atoms with E-state index in [4.69, 9.17) is 18.9 Å². The van der Waals surface area contributed by atoms with Gasteiger partial charge in [-0.1, -0.05) is 60.7 Å². The number of hydrogen-bond acceptors (Lipinski definition) is 4. The van der Waals surface area contributed by atoms with Crippen molar-refractivity contribution >= 4 is 0 Å². The molecule has 0 saturated carbocycles. The van der Waals surface area contributed by atoms with Gasteiger partial charge in [0.25, 0.3) is 0 Å². The van der Waals surface area contributed by atoms with Crippen molar-refractivity contribution in [2.45, 2.75) is 31.7 Å². The molecule has 1 heterocycles. The Morgan fingerprint density at radius 1 is 0.870 bits per heavy atom. The van der Waals surface area contributed by atoms with Gasteiger partial charge in [0.05, 0.1) is 19.8 Å². The van der Waals surface area contributed by atoms with Gasteiger partial charge < -0.3 is 18.9 Å². The summed E-state index contributed by atoms with van der Waals surface area (Å²) in [6.07, 6.45) is -0.757. The average molecular weight is 314 g/mol. The Morgan fingerprint density at radius 3 is 2.00 bits per heavy atom. The molecular formula is C19H22O4. The Hall–Kier alpha value is -1.72. The van der Waals surface area contributed by atoms with Crippen LogP contribution in [-0.2, 0) is 32.2 Å². The molecule has 0 spiro atoms. The predicted octanol–water partition coefficient (Wildman–Crippen LogP) is 3.16. The quantitative estimate of drug-likeness (QED) is 0.787. The maximum absolute atomic E-state index is 6.02. The monoisotopic (exact) mass is 314 g/mol. The van der Waals surface area contributed by atoms with Crippen LogP contribution in [0.4, 0.5) is 0 Å². The second-order valence-electron chi connectivity index (χ2n) is 5.53. The number of benzene rings is 2. The van der Waals surface area contributed by atoms with Crippen LogP contribution in [0.15, 0.2) is 60.7 Å². The van der Waals surface area contributed by atoms with Gasteiger partial charge in [0, 0.05) is 7.11 Å². The van der Waals surface area contributed by atoms with E-state index in [-0.39, 0.29) is 18.5 Å². The summed E-state index contributed by atoms with van der Waals surface area (Å²) in [7, 11) is 1.63. The minimum Gasteiger partial charge on any atom is -0.368 e. The summed E-state index contributed by atoms with van der Waals surface area (Å²) in [5.41, 5.74) is 2.26. The number of rotatable bonds is 7. The molecule has 1 aliphatic rings. The van der Waals surface area contributed by atoms with E-state index in [1.165, 1.54) is 0 Å². The molecule has 4 nitrogen and oxygen atoms in total. The number of hydrogen-bond donors (Lipinski definition) is 0. The number of ether oxygens (including phenoxy) is 4. The highest BCUT2D eigenvalue weighted by molar-refractivity contribution is 5.14. The van der Waals surface area contributed by atoms with Gasteiger partial charge in [-0.2, -0.15) is 0 Å². The van der Waals surface area contributed by atoms with Gasteiger partial charge in [-0.05, 0) is 11.1 Å². The van der Waals surface area contributed by atoms with Crippen LogP contribution in [0.25, 0.3) is 0 Å². The zero-order valence-electron chi connectivity index (χ0n) is 13.3. The summed E-state index contributed by atoms with van der Waals surface area (Å²) in [4.78, 5) is 0. The summed E-state index contributed by atoms with van der Waals surface area (Å²) in [6.45, 7) is 1.53.